The quantitative estimate of drug-likeness (QED) is 0.342. The largest absolute Gasteiger partial charge is 0.326 e. The smallest absolute Gasteiger partial charge is 0.310 e. The zero-order valence-corrected chi connectivity index (χ0v) is 20.7. The second kappa shape index (κ2) is 9.13. The minimum atomic E-state index is -0.610. The van der Waals surface area contributed by atoms with Crippen LogP contribution in [-0.4, -0.2) is 41.9 Å². The highest BCUT2D eigenvalue weighted by Gasteiger charge is 2.31. The van der Waals surface area contributed by atoms with E-state index >= 15 is 0 Å². The van der Waals surface area contributed by atoms with Gasteiger partial charge in [0.25, 0.3) is 17.3 Å². The van der Waals surface area contributed by atoms with Crippen LogP contribution in [0.2, 0.25) is 10.2 Å². The number of rotatable bonds is 4. The Morgan fingerprint density at radius 2 is 2.08 bits per heavy atom. The maximum Gasteiger partial charge on any atom is 0.310 e. The molecule has 2 N–H and O–H groups in total. The number of hydrogen-bond donors (Lipinski definition) is 2. The molecule has 37 heavy (non-hydrogen) atoms. The summed E-state index contributed by atoms with van der Waals surface area (Å²) in [5, 5.41) is 7.85. The second-order valence-electron chi connectivity index (χ2n) is 8.72. The van der Waals surface area contributed by atoms with Crippen LogP contribution in [0.5, 0.6) is 0 Å². The van der Waals surface area contributed by atoms with Gasteiger partial charge in [0.2, 0.25) is 0 Å². The number of H-pyrrole nitrogens is 2. The average molecular weight is 539 g/mol. The summed E-state index contributed by atoms with van der Waals surface area (Å²) in [5.41, 5.74) is 2.11. The fourth-order valence-corrected chi connectivity index (χ4v) is 5.09. The van der Waals surface area contributed by atoms with Crippen LogP contribution in [0.15, 0.2) is 59.8 Å². The normalized spacial score (nSPS) is 13.2. The summed E-state index contributed by atoms with van der Waals surface area (Å²) < 4.78 is 18.4. The van der Waals surface area contributed by atoms with E-state index in [1.807, 2.05) is 16.7 Å². The van der Waals surface area contributed by atoms with E-state index in [-0.39, 0.29) is 34.3 Å². The third-order valence-corrected chi connectivity index (χ3v) is 7.20. The van der Waals surface area contributed by atoms with E-state index in [1.165, 1.54) is 24.4 Å². The number of fused-ring (bicyclic) bond motifs is 2. The highest BCUT2D eigenvalue weighted by molar-refractivity contribution is 6.42. The minimum absolute atomic E-state index is 0.0322. The Bertz CT molecular complexity index is 1730. The summed E-state index contributed by atoms with van der Waals surface area (Å²) in [4.78, 5) is 33.9. The van der Waals surface area contributed by atoms with Gasteiger partial charge < -0.3 is 9.88 Å². The molecule has 0 aliphatic carbocycles. The summed E-state index contributed by atoms with van der Waals surface area (Å²) in [6, 6.07) is 9.65. The Morgan fingerprint density at radius 3 is 2.89 bits per heavy atom. The summed E-state index contributed by atoms with van der Waals surface area (Å²) in [6.07, 6.45) is 5.24. The van der Waals surface area contributed by atoms with E-state index in [1.54, 1.807) is 27.8 Å². The highest BCUT2D eigenvalue weighted by atomic mass is 35.5. The average Bonchev–Trinajstić information content (AvgIpc) is 3.48. The zero-order valence-electron chi connectivity index (χ0n) is 19.2. The molecule has 0 atom stereocenters. The molecular formula is C25H19Cl2FN7O2+. The molecule has 9 nitrogen and oxygen atoms in total. The minimum Gasteiger partial charge on any atom is -0.326 e. The number of nitrogens with zero attached hydrogens (tertiary/aromatic N) is 5. The number of hydrogen-bond acceptors (Lipinski definition) is 4. The van der Waals surface area contributed by atoms with Crippen LogP contribution < -0.4 is 10.1 Å². The number of aromatic amines is 2. The molecule has 186 valence electrons. The van der Waals surface area contributed by atoms with E-state index in [4.69, 9.17) is 23.2 Å². The van der Waals surface area contributed by atoms with Gasteiger partial charge in [-0.25, -0.2) is 8.96 Å². The monoisotopic (exact) mass is 538 g/mol. The molecule has 0 radical (unpaired) electrons. The predicted molar refractivity (Wildman–Crippen MR) is 134 cm³/mol. The molecule has 12 heteroatoms. The maximum atomic E-state index is 14.8. The van der Waals surface area contributed by atoms with E-state index in [9.17, 15) is 14.0 Å². The van der Waals surface area contributed by atoms with Crippen LogP contribution in [0, 0.1) is 5.82 Å². The molecule has 5 heterocycles. The Morgan fingerprint density at radius 1 is 1.22 bits per heavy atom. The van der Waals surface area contributed by atoms with Crippen molar-refractivity contribution in [1.82, 2.24) is 29.5 Å². The third-order valence-electron chi connectivity index (χ3n) is 6.45. The van der Waals surface area contributed by atoms with Crippen LogP contribution in [0.4, 0.5) is 4.39 Å². The molecule has 0 saturated carbocycles. The van der Waals surface area contributed by atoms with Crippen molar-refractivity contribution < 1.29 is 13.8 Å². The van der Waals surface area contributed by atoms with Gasteiger partial charge in [-0.05, 0) is 35.9 Å². The third kappa shape index (κ3) is 4.08. The first-order chi connectivity index (χ1) is 17.9. The zero-order chi connectivity index (χ0) is 25.7. The van der Waals surface area contributed by atoms with E-state index in [2.05, 4.69) is 20.2 Å². The fraction of sp³-hybridized carbons (Fsp3) is 0.160. The first kappa shape index (κ1) is 23.4. The van der Waals surface area contributed by atoms with Crippen molar-refractivity contribution in [1.29, 1.82) is 0 Å². The Kier molecular flexibility index (Phi) is 5.77. The van der Waals surface area contributed by atoms with Crippen LogP contribution in [0.25, 0.3) is 16.9 Å². The van der Waals surface area contributed by atoms with E-state index < -0.39 is 11.7 Å². The van der Waals surface area contributed by atoms with Gasteiger partial charge in [0.1, 0.15) is 23.0 Å². The van der Waals surface area contributed by atoms with Gasteiger partial charge in [0.05, 0.1) is 29.2 Å². The lowest BCUT2D eigenvalue weighted by Gasteiger charge is -2.25. The van der Waals surface area contributed by atoms with Gasteiger partial charge in [-0.1, -0.05) is 29.3 Å². The van der Waals surface area contributed by atoms with Crippen LogP contribution in [-0.2, 0) is 19.5 Å². The van der Waals surface area contributed by atoms with E-state index in [0.717, 1.165) is 17.2 Å². The Labute approximate surface area is 219 Å². The molecule has 1 aliphatic rings. The molecule has 0 fully saturated rings. The number of amides is 1. The fourth-order valence-electron chi connectivity index (χ4n) is 4.64. The van der Waals surface area contributed by atoms with Crippen molar-refractivity contribution in [3.63, 3.8) is 0 Å². The SMILES string of the molecule is O=C(c1cc(Cc2c[nH]c(=O)c3cc(Cl)c(Cl)n23)ccc1F)N1CC[n+]2c(-c3cccnc3)n[nH]c2C1. The van der Waals surface area contributed by atoms with Crippen molar-refractivity contribution in [2.75, 3.05) is 6.54 Å². The maximum absolute atomic E-state index is 14.8. The molecule has 0 saturated heterocycles. The van der Waals surface area contributed by atoms with Gasteiger partial charge >= 0.3 is 5.82 Å². The number of halogens is 3. The Hall–Kier alpha value is -4.02. The van der Waals surface area contributed by atoms with Crippen molar-refractivity contribution in [2.45, 2.75) is 19.5 Å². The molecule has 0 unspecified atom stereocenters. The molecule has 0 spiro atoms. The van der Waals surface area contributed by atoms with Gasteiger partial charge in [-0.15, -0.1) is 5.10 Å². The van der Waals surface area contributed by atoms with Crippen molar-refractivity contribution in [3.05, 3.63) is 104 Å². The first-order valence-electron chi connectivity index (χ1n) is 11.4. The summed E-state index contributed by atoms with van der Waals surface area (Å²) in [5.74, 6) is 0.447. The molecule has 1 amide bonds. The van der Waals surface area contributed by atoms with Gasteiger partial charge in [0.15, 0.2) is 0 Å². The van der Waals surface area contributed by atoms with Crippen LogP contribution >= 0.6 is 23.2 Å². The number of carbonyl (C=O) groups excluding carboxylic acids is 1. The molecule has 5 aromatic rings. The molecule has 4 aromatic heterocycles. The van der Waals surface area contributed by atoms with Crippen LogP contribution in [0.1, 0.15) is 27.4 Å². The van der Waals surface area contributed by atoms with Crippen molar-refractivity contribution >= 4 is 34.6 Å². The molecule has 0 bridgehead atoms. The lowest BCUT2D eigenvalue weighted by molar-refractivity contribution is -0.700. The highest BCUT2D eigenvalue weighted by Crippen LogP contribution is 2.27. The summed E-state index contributed by atoms with van der Waals surface area (Å²) in [6.45, 7) is 1.16. The Balaban J connectivity index is 1.27. The second-order valence-corrected chi connectivity index (χ2v) is 9.48. The first-order valence-corrected chi connectivity index (χ1v) is 12.2. The summed E-state index contributed by atoms with van der Waals surface area (Å²) >= 11 is 12.4. The van der Waals surface area contributed by atoms with Crippen LogP contribution in [0.3, 0.4) is 0 Å². The van der Waals surface area contributed by atoms with Crippen molar-refractivity contribution in [3.8, 4) is 11.4 Å². The van der Waals surface area contributed by atoms with Crippen molar-refractivity contribution in [2.24, 2.45) is 0 Å². The van der Waals surface area contributed by atoms with Gasteiger partial charge in [0, 0.05) is 35.8 Å². The number of nitrogens with one attached hydrogen (secondary N) is 2. The van der Waals surface area contributed by atoms with E-state index in [0.29, 0.717) is 29.9 Å². The number of aromatic nitrogens is 6. The van der Waals surface area contributed by atoms with Gasteiger partial charge in [-0.3, -0.25) is 19.0 Å². The topological polar surface area (TPSA) is 103 Å². The molecule has 6 rings (SSSR count). The number of pyridine rings is 1. The lowest BCUT2D eigenvalue weighted by atomic mass is 10.0. The number of carbonyl (C=O) groups is 1. The molecule has 1 aliphatic heterocycles. The molecular weight excluding hydrogens is 520 g/mol. The number of benzene rings is 1. The van der Waals surface area contributed by atoms with Gasteiger partial charge in [-0.2, -0.15) is 0 Å². The lowest BCUT2D eigenvalue weighted by Crippen LogP contribution is -2.52. The predicted octanol–water partition coefficient (Wildman–Crippen LogP) is 3.39. The standard InChI is InChI=1S/C25H18Cl2FN7O2/c26-18-10-20-24(36)30-12-16(35(20)22(18)27)8-14-3-4-19(28)17(9-14)25(37)33-6-7-34-21(13-33)31-32-23(34)15-2-1-5-29-11-15/h1-5,9-12H,6-8,13H2,(H,30,36)/p+1. The summed E-state index contributed by atoms with van der Waals surface area (Å²) in [7, 11) is 0. The molecule has 1 aromatic carbocycles.